The van der Waals surface area contributed by atoms with Gasteiger partial charge in [0.1, 0.15) is 18.3 Å². The fraction of sp³-hybridized carbons (Fsp3) is 0.857. The van der Waals surface area contributed by atoms with Crippen LogP contribution in [-0.4, -0.2) is 85.9 Å². The second-order valence-electron chi connectivity index (χ2n) is 15.2. The van der Waals surface area contributed by atoms with Gasteiger partial charge in [0.2, 0.25) is 0 Å². The van der Waals surface area contributed by atoms with Gasteiger partial charge in [-0.1, -0.05) is 20.8 Å². The largest absolute Gasteiger partial charge is 0.465 e. The average molecular weight is 650 g/mol. The summed E-state index contributed by atoms with van der Waals surface area (Å²) in [7, 11) is 3.83. The summed E-state index contributed by atoms with van der Waals surface area (Å²) in [6, 6.07) is -0.193. The maximum Gasteiger partial charge on any atom is 0.309 e. The Balaban J connectivity index is 1.65. The molecule has 260 valence electrons. The highest BCUT2D eigenvalue weighted by Crippen LogP contribution is 2.66. The van der Waals surface area contributed by atoms with Crippen molar-refractivity contribution in [2.75, 3.05) is 20.7 Å². The molecule has 4 aliphatic rings. The first kappa shape index (κ1) is 36.2. The van der Waals surface area contributed by atoms with Gasteiger partial charge in [0.25, 0.3) is 0 Å². The van der Waals surface area contributed by atoms with Gasteiger partial charge in [0.05, 0.1) is 12.5 Å². The molecule has 0 aromatic carbocycles. The molecule has 11 heteroatoms. The predicted molar refractivity (Wildman–Crippen MR) is 167 cm³/mol. The summed E-state index contributed by atoms with van der Waals surface area (Å²) in [6.45, 7) is 14.3. The van der Waals surface area contributed by atoms with Crippen molar-refractivity contribution in [3.05, 3.63) is 0 Å². The van der Waals surface area contributed by atoms with Gasteiger partial charge < -0.3 is 28.6 Å². The number of nitrogens with zero attached hydrogens (tertiary/aromatic N) is 1. The molecule has 11 nitrogen and oxygen atoms in total. The Labute approximate surface area is 273 Å². The summed E-state index contributed by atoms with van der Waals surface area (Å²) in [6.07, 6.45) is 1.65. The van der Waals surface area contributed by atoms with E-state index in [9.17, 15) is 24.0 Å². The molecule has 13 atom stereocenters. The maximum atomic E-state index is 13.6. The van der Waals surface area contributed by atoms with E-state index in [4.69, 9.17) is 23.7 Å². The van der Waals surface area contributed by atoms with Crippen LogP contribution in [0.1, 0.15) is 93.9 Å². The van der Waals surface area contributed by atoms with Crippen molar-refractivity contribution in [1.82, 2.24) is 4.90 Å². The van der Waals surface area contributed by atoms with Gasteiger partial charge in [-0.3, -0.25) is 24.0 Å². The SMILES string of the molecule is CC(=O)O[C@H]([C@@H](C)[C@H]1CC[C@H]2[C@@H]3COC(=O)C4C[C@H](OC(C)=O)[C@H](OC(C)=O)C[C@]4(C)[C@H]3CC[C@]12C)[C@H](OC(C)=O)[C@@H](C)N(C)C. The number of likely N-dealkylation sites (N-methyl/N-ethyl adjacent to an activating group) is 1. The summed E-state index contributed by atoms with van der Waals surface area (Å²) < 4.78 is 29.2. The lowest BCUT2D eigenvalue weighted by Crippen LogP contribution is -2.56. The Kier molecular flexibility index (Phi) is 10.9. The molecule has 3 aliphatic carbocycles. The van der Waals surface area contributed by atoms with Crippen molar-refractivity contribution >= 4 is 29.8 Å². The molecule has 0 radical (unpaired) electrons. The van der Waals surface area contributed by atoms with E-state index in [0.717, 1.165) is 25.7 Å². The third-order valence-corrected chi connectivity index (χ3v) is 12.4. The van der Waals surface area contributed by atoms with Crippen LogP contribution >= 0.6 is 0 Å². The molecular formula is C35H55NO10. The molecule has 0 spiro atoms. The highest BCUT2D eigenvalue weighted by molar-refractivity contribution is 5.75. The smallest absolute Gasteiger partial charge is 0.309 e. The number of fused-ring (bicyclic) bond motifs is 5. The minimum absolute atomic E-state index is 0.0929. The van der Waals surface area contributed by atoms with Crippen molar-refractivity contribution in [3.8, 4) is 0 Å². The molecule has 0 N–H and O–H groups in total. The van der Waals surface area contributed by atoms with Crippen LogP contribution in [0, 0.1) is 46.3 Å². The fourth-order valence-corrected chi connectivity index (χ4v) is 10.1. The third kappa shape index (κ3) is 6.95. The fourth-order valence-electron chi connectivity index (χ4n) is 10.1. The summed E-state index contributed by atoms with van der Waals surface area (Å²) in [5.74, 6) is -1.97. The molecular weight excluding hydrogens is 594 g/mol. The van der Waals surface area contributed by atoms with Crippen molar-refractivity contribution < 1.29 is 47.7 Å². The molecule has 0 bridgehead atoms. The molecule has 1 heterocycles. The van der Waals surface area contributed by atoms with Crippen molar-refractivity contribution in [3.63, 3.8) is 0 Å². The monoisotopic (exact) mass is 649 g/mol. The molecule has 0 aromatic rings. The first-order valence-electron chi connectivity index (χ1n) is 16.9. The van der Waals surface area contributed by atoms with E-state index in [1.165, 1.54) is 27.7 Å². The van der Waals surface area contributed by atoms with Gasteiger partial charge in [-0.25, -0.2) is 0 Å². The van der Waals surface area contributed by atoms with Crippen LogP contribution < -0.4 is 0 Å². The molecule has 0 amide bonds. The van der Waals surface area contributed by atoms with E-state index >= 15 is 0 Å². The Hall–Kier alpha value is -2.69. The number of ether oxygens (including phenoxy) is 5. The van der Waals surface area contributed by atoms with Gasteiger partial charge in [0, 0.05) is 46.1 Å². The predicted octanol–water partition coefficient (Wildman–Crippen LogP) is 4.33. The molecule has 46 heavy (non-hydrogen) atoms. The van der Waals surface area contributed by atoms with Crippen molar-refractivity contribution in [2.45, 2.75) is 124 Å². The summed E-state index contributed by atoms with van der Waals surface area (Å²) in [5.41, 5.74) is -0.643. The Morgan fingerprint density at radius 1 is 0.804 bits per heavy atom. The molecule has 1 saturated heterocycles. The van der Waals surface area contributed by atoms with Crippen LogP contribution in [0.15, 0.2) is 0 Å². The summed E-state index contributed by atoms with van der Waals surface area (Å²) in [4.78, 5) is 64.3. The molecule has 3 saturated carbocycles. The van der Waals surface area contributed by atoms with Gasteiger partial charge in [-0.05, 0) is 87.6 Å². The lowest BCUT2D eigenvalue weighted by Gasteiger charge is -2.56. The average Bonchev–Trinajstić information content (AvgIpc) is 3.25. The zero-order chi connectivity index (χ0) is 34.3. The minimum Gasteiger partial charge on any atom is -0.465 e. The van der Waals surface area contributed by atoms with Crippen molar-refractivity contribution in [1.29, 1.82) is 0 Å². The van der Waals surface area contributed by atoms with E-state index in [0.29, 0.717) is 13.0 Å². The minimum atomic E-state index is -0.706. The van der Waals surface area contributed by atoms with Crippen molar-refractivity contribution in [2.24, 2.45) is 46.3 Å². The Morgan fingerprint density at radius 2 is 1.37 bits per heavy atom. The van der Waals surface area contributed by atoms with Crippen LogP contribution in [-0.2, 0) is 47.7 Å². The quantitative estimate of drug-likeness (QED) is 0.261. The number of carbonyl (C=O) groups is 5. The number of hydrogen-bond donors (Lipinski definition) is 0. The van der Waals surface area contributed by atoms with Gasteiger partial charge in [-0.15, -0.1) is 0 Å². The molecule has 0 aromatic heterocycles. The van der Waals surface area contributed by atoms with Gasteiger partial charge in [-0.2, -0.15) is 0 Å². The van der Waals surface area contributed by atoms with E-state index in [2.05, 4.69) is 20.8 Å². The number of hydrogen-bond acceptors (Lipinski definition) is 11. The van der Waals surface area contributed by atoms with E-state index < -0.39 is 59.6 Å². The second kappa shape index (κ2) is 13.8. The van der Waals surface area contributed by atoms with Crippen LogP contribution in [0.5, 0.6) is 0 Å². The summed E-state index contributed by atoms with van der Waals surface area (Å²) in [5, 5.41) is 0. The van der Waals surface area contributed by atoms with Crippen LogP contribution in [0.2, 0.25) is 0 Å². The van der Waals surface area contributed by atoms with Gasteiger partial charge in [0.15, 0.2) is 6.10 Å². The second-order valence-corrected chi connectivity index (χ2v) is 15.2. The first-order chi connectivity index (χ1) is 21.4. The molecule has 4 rings (SSSR count). The van der Waals surface area contributed by atoms with Crippen LogP contribution in [0.4, 0.5) is 0 Å². The number of cyclic esters (lactones) is 1. The summed E-state index contributed by atoms with van der Waals surface area (Å²) >= 11 is 0. The highest BCUT2D eigenvalue weighted by atomic mass is 16.6. The number of rotatable bonds is 9. The van der Waals surface area contributed by atoms with Crippen LogP contribution in [0.25, 0.3) is 0 Å². The normalized spacial score (nSPS) is 38.0. The highest BCUT2D eigenvalue weighted by Gasteiger charge is 2.64. The number of carbonyl (C=O) groups excluding carboxylic acids is 5. The Bertz CT molecular complexity index is 1190. The maximum absolute atomic E-state index is 13.6. The third-order valence-electron chi connectivity index (χ3n) is 12.4. The molecule has 4 fully saturated rings. The molecule has 1 unspecified atom stereocenters. The first-order valence-corrected chi connectivity index (χ1v) is 16.9. The zero-order valence-corrected chi connectivity index (χ0v) is 29.3. The van der Waals surface area contributed by atoms with Gasteiger partial charge >= 0.3 is 29.8 Å². The Morgan fingerprint density at radius 3 is 1.93 bits per heavy atom. The van der Waals surface area contributed by atoms with E-state index in [-0.39, 0.29) is 53.4 Å². The lowest BCUT2D eigenvalue weighted by atomic mass is 9.48. The standard InChI is InChI=1S/C35H55NO10/c1-18(31(45-22(5)39)32(46-23(6)40)19(2)36(9)10)25-11-12-26-24-17-42-33(41)28-15-29(43-20(3)37)30(44-21(4)38)16-35(28,8)27(24)13-14-34(25,26)7/h18-19,24-32H,11-17H2,1-10H3/t18-,19+,24-,25+,26-,27-,28?,29-,30+,31+,32+,34+,35+/m0/s1. The van der Waals surface area contributed by atoms with Crippen LogP contribution in [0.3, 0.4) is 0 Å². The van der Waals surface area contributed by atoms with E-state index in [1.807, 2.05) is 25.9 Å². The zero-order valence-electron chi connectivity index (χ0n) is 29.3. The van der Waals surface area contributed by atoms with E-state index in [1.54, 1.807) is 0 Å². The number of esters is 5. The molecule has 1 aliphatic heterocycles. The topological polar surface area (TPSA) is 135 Å². The lowest BCUT2D eigenvalue weighted by molar-refractivity contribution is -0.188.